The third-order valence-electron chi connectivity index (χ3n) is 2.68. The van der Waals surface area contributed by atoms with E-state index in [2.05, 4.69) is 10.3 Å². The Kier molecular flexibility index (Phi) is 1.99. The molecule has 0 bridgehead atoms. The average Bonchev–Trinajstić information content (AvgIpc) is 2.60. The molecule has 1 amide bonds. The molecule has 2 N–H and O–H groups in total. The highest BCUT2D eigenvalue weighted by Gasteiger charge is 2.37. The van der Waals surface area contributed by atoms with Crippen molar-refractivity contribution in [2.75, 3.05) is 7.05 Å². The highest BCUT2D eigenvalue weighted by molar-refractivity contribution is 5.79. The lowest BCUT2D eigenvalue weighted by atomic mass is 10.1. The van der Waals surface area contributed by atoms with E-state index in [1.54, 1.807) is 29.9 Å². The minimum atomic E-state index is -0.162. The zero-order chi connectivity index (χ0) is 10.3. The van der Waals surface area contributed by atoms with Gasteiger partial charge in [-0.25, -0.2) is 0 Å². The van der Waals surface area contributed by atoms with Gasteiger partial charge in [0, 0.05) is 26.6 Å². The number of likely N-dealkylation sites (tertiary alicyclic amines) is 1. The van der Waals surface area contributed by atoms with Crippen LogP contribution in [0.2, 0.25) is 0 Å². The number of hydrogen-bond acceptors (Lipinski definition) is 4. The zero-order valence-corrected chi connectivity index (χ0v) is 8.21. The number of nitrogens with two attached hydrogens (primary N) is 1. The van der Waals surface area contributed by atoms with Crippen molar-refractivity contribution in [3.8, 4) is 0 Å². The molecule has 2 heterocycles. The van der Waals surface area contributed by atoms with Crippen LogP contribution in [0.15, 0.2) is 6.20 Å². The van der Waals surface area contributed by atoms with Gasteiger partial charge >= 0.3 is 0 Å². The summed E-state index contributed by atoms with van der Waals surface area (Å²) in [5.41, 5.74) is 6.77. The quantitative estimate of drug-likeness (QED) is 0.626. The fourth-order valence-electron chi connectivity index (χ4n) is 1.88. The van der Waals surface area contributed by atoms with Crippen molar-refractivity contribution in [1.29, 1.82) is 0 Å². The standard InChI is InChI=1S/C8H13N5O/c1-12-7(14)3-5(9)8(12)6-4-10-11-13(6)2/h4-5,8H,3,9H2,1-2H3/t5-,8-/m0/s1. The molecule has 76 valence electrons. The van der Waals surface area contributed by atoms with Gasteiger partial charge in [0.15, 0.2) is 0 Å². The number of hydrogen-bond donors (Lipinski definition) is 1. The van der Waals surface area contributed by atoms with E-state index in [1.165, 1.54) is 0 Å². The van der Waals surface area contributed by atoms with Crippen molar-refractivity contribution >= 4 is 5.91 Å². The van der Waals surface area contributed by atoms with Crippen LogP contribution in [0.5, 0.6) is 0 Å². The molecule has 6 heteroatoms. The maximum atomic E-state index is 11.4. The summed E-state index contributed by atoms with van der Waals surface area (Å²) in [7, 11) is 3.55. The molecule has 1 aliphatic rings. The Balaban J connectivity index is 2.35. The minimum Gasteiger partial charge on any atom is -0.335 e. The fourth-order valence-corrected chi connectivity index (χ4v) is 1.88. The van der Waals surface area contributed by atoms with Crippen molar-refractivity contribution in [1.82, 2.24) is 19.9 Å². The second-order valence-electron chi connectivity index (χ2n) is 3.60. The Morgan fingerprint density at radius 3 is 2.71 bits per heavy atom. The number of carbonyl (C=O) groups is 1. The SMILES string of the molecule is CN1C(=O)C[C@H](N)[C@H]1c1cnnn1C. The molecule has 2 rings (SSSR count). The first-order valence-corrected chi connectivity index (χ1v) is 4.47. The summed E-state index contributed by atoms with van der Waals surface area (Å²) in [6.07, 6.45) is 2.05. The molecular weight excluding hydrogens is 182 g/mol. The van der Waals surface area contributed by atoms with E-state index in [0.29, 0.717) is 6.42 Å². The van der Waals surface area contributed by atoms with Crippen LogP contribution in [-0.2, 0) is 11.8 Å². The number of rotatable bonds is 1. The highest BCUT2D eigenvalue weighted by Crippen LogP contribution is 2.29. The van der Waals surface area contributed by atoms with E-state index in [0.717, 1.165) is 5.69 Å². The summed E-state index contributed by atoms with van der Waals surface area (Å²) in [6.45, 7) is 0. The van der Waals surface area contributed by atoms with Crippen molar-refractivity contribution in [3.63, 3.8) is 0 Å². The molecule has 0 spiro atoms. The summed E-state index contributed by atoms with van der Waals surface area (Å²) < 4.78 is 1.65. The predicted molar refractivity (Wildman–Crippen MR) is 49.1 cm³/mol. The number of aryl methyl sites for hydroxylation is 1. The first-order chi connectivity index (χ1) is 6.61. The van der Waals surface area contributed by atoms with Crippen molar-refractivity contribution in [2.45, 2.75) is 18.5 Å². The molecule has 1 aromatic heterocycles. The van der Waals surface area contributed by atoms with Gasteiger partial charge in [-0.15, -0.1) is 5.10 Å². The molecule has 0 unspecified atom stereocenters. The number of amides is 1. The van der Waals surface area contributed by atoms with Crippen LogP contribution >= 0.6 is 0 Å². The third kappa shape index (κ3) is 1.19. The van der Waals surface area contributed by atoms with Crippen LogP contribution in [-0.4, -0.2) is 38.9 Å². The van der Waals surface area contributed by atoms with Gasteiger partial charge in [0.05, 0.1) is 17.9 Å². The molecule has 14 heavy (non-hydrogen) atoms. The first kappa shape index (κ1) is 9.14. The smallest absolute Gasteiger partial charge is 0.224 e. The van der Waals surface area contributed by atoms with E-state index < -0.39 is 0 Å². The van der Waals surface area contributed by atoms with E-state index in [1.807, 2.05) is 0 Å². The molecule has 0 aliphatic carbocycles. The second-order valence-corrected chi connectivity index (χ2v) is 3.60. The van der Waals surface area contributed by atoms with Crippen LogP contribution in [0.1, 0.15) is 18.2 Å². The fraction of sp³-hybridized carbons (Fsp3) is 0.625. The summed E-state index contributed by atoms with van der Waals surface area (Å²) in [6, 6.07) is -0.257. The molecule has 1 aromatic rings. The molecule has 6 nitrogen and oxygen atoms in total. The van der Waals surface area contributed by atoms with Gasteiger partial charge < -0.3 is 10.6 Å². The summed E-state index contributed by atoms with van der Waals surface area (Å²) in [4.78, 5) is 13.1. The van der Waals surface area contributed by atoms with E-state index >= 15 is 0 Å². The van der Waals surface area contributed by atoms with Crippen LogP contribution in [0, 0.1) is 0 Å². The van der Waals surface area contributed by atoms with Gasteiger partial charge in [0.2, 0.25) is 5.91 Å². The van der Waals surface area contributed by atoms with E-state index in [9.17, 15) is 4.79 Å². The van der Waals surface area contributed by atoms with Crippen LogP contribution < -0.4 is 5.73 Å². The molecule has 1 aliphatic heterocycles. The minimum absolute atomic E-state index is 0.0729. The van der Waals surface area contributed by atoms with E-state index in [-0.39, 0.29) is 18.0 Å². The van der Waals surface area contributed by atoms with Crippen molar-refractivity contribution in [2.24, 2.45) is 12.8 Å². The van der Waals surface area contributed by atoms with E-state index in [4.69, 9.17) is 5.73 Å². The maximum Gasteiger partial charge on any atom is 0.224 e. The molecule has 1 saturated heterocycles. The second kappa shape index (κ2) is 3.06. The monoisotopic (exact) mass is 195 g/mol. The van der Waals surface area contributed by atoms with Crippen LogP contribution in [0.25, 0.3) is 0 Å². The van der Waals surface area contributed by atoms with Gasteiger partial charge in [0.1, 0.15) is 0 Å². The molecule has 0 saturated carbocycles. The molecule has 0 radical (unpaired) electrons. The largest absolute Gasteiger partial charge is 0.335 e. The number of nitrogens with zero attached hydrogens (tertiary/aromatic N) is 4. The molecule has 2 atom stereocenters. The number of carbonyl (C=O) groups excluding carboxylic acids is 1. The van der Waals surface area contributed by atoms with Crippen LogP contribution in [0.3, 0.4) is 0 Å². The van der Waals surface area contributed by atoms with Crippen LogP contribution in [0.4, 0.5) is 0 Å². The number of likely N-dealkylation sites (N-methyl/N-ethyl adjacent to an activating group) is 1. The third-order valence-corrected chi connectivity index (χ3v) is 2.68. The highest BCUT2D eigenvalue weighted by atomic mass is 16.2. The van der Waals surface area contributed by atoms with Crippen molar-refractivity contribution < 1.29 is 4.79 Å². The summed E-state index contributed by atoms with van der Waals surface area (Å²) in [5.74, 6) is 0.0729. The topological polar surface area (TPSA) is 77.0 Å². The average molecular weight is 195 g/mol. The van der Waals surface area contributed by atoms with Gasteiger partial charge in [-0.3, -0.25) is 9.48 Å². The molecule has 1 fully saturated rings. The summed E-state index contributed by atoms with van der Waals surface area (Å²) in [5, 5.41) is 7.61. The Bertz CT molecular complexity index is 360. The van der Waals surface area contributed by atoms with Gasteiger partial charge in [-0.2, -0.15) is 0 Å². The number of aromatic nitrogens is 3. The lowest BCUT2D eigenvalue weighted by Crippen LogP contribution is -2.31. The zero-order valence-electron chi connectivity index (χ0n) is 8.21. The molecule has 0 aromatic carbocycles. The Labute approximate surface area is 81.7 Å². The Morgan fingerprint density at radius 2 is 2.29 bits per heavy atom. The first-order valence-electron chi connectivity index (χ1n) is 4.47. The lowest BCUT2D eigenvalue weighted by molar-refractivity contribution is -0.127. The predicted octanol–water partition coefficient (Wildman–Crippen LogP) is -0.954. The van der Waals surface area contributed by atoms with Gasteiger partial charge in [-0.1, -0.05) is 5.21 Å². The molecular formula is C8H13N5O. The maximum absolute atomic E-state index is 11.4. The Morgan fingerprint density at radius 1 is 1.57 bits per heavy atom. The van der Waals surface area contributed by atoms with Gasteiger partial charge in [-0.05, 0) is 0 Å². The summed E-state index contributed by atoms with van der Waals surface area (Å²) >= 11 is 0. The Hall–Kier alpha value is -1.43. The van der Waals surface area contributed by atoms with Gasteiger partial charge in [0.25, 0.3) is 0 Å². The lowest BCUT2D eigenvalue weighted by Gasteiger charge is -2.21. The normalized spacial score (nSPS) is 27.4. The van der Waals surface area contributed by atoms with Crippen molar-refractivity contribution in [3.05, 3.63) is 11.9 Å².